The normalized spacial score (nSPS) is 17.9. The molecule has 0 radical (unpaired) electrons. The third-order valence-corrected chi connectivity index (χ3v) is 14.4. The van der Waals surface area contributed by atoms with Gasteiger partial charge in [0.15, 0.2) is 5.60 Å². The second-order valence-electron chi connectivity index (χ2n) is 19.3. The van der Waals surface area contributed by atoms with Gasteiger partial charge in [-0.05, 0) is 61.4 Å². The van der Waals surface area contributed by atoms with Gasteiger partial charge in [0.2, 0.25) is 29.5 Å². The topological polar surface area (TPSA) is 343 Å². The highest BCUT2D eigenvalue weighted by Crippen LogP contribution is 2.47. The Labute approximate surface area is 449 Å². The molecule has 8 amide bonds. The molecule has 79 heavy (non-hydrogen) atoms. The van der Waals surface area contributed by atoms with Crippen molar-refractivity contribution in [3.63, 3.8) is 0 Å². The van der Waals surface area contributed by atoms with Crippen LogP contribution in [0.15, 0.2) is 59.4 Å². The number of aliphatic hydroxyl groups is 1. The number of imide groups is 1. The number of esters is 1. The molecule has 0 spiro atoms. The van der Waals surface area contributed by atoms with Crippen molar-refractivity contribution in [2.75, 3.05) is 46.5 Å². The Hall–Kier alpha value is -8.75. The van der Waals surface area contributed by atoms with E-state index in [-0.39, 0.29) is 37.1 Å². The number of hydrogen-bond acceptors (Lipinski definition) is 16. The average molecular weight is 1090 g/mol. The SMILES string of the molecule is CC[C@@]1(O)C(=O)OCc2c1cc1n(c2=O)Cc2c-1nc1cc(F)c(C)c3c1c2[C@@H](N(C)C(=O)[C@H](C)OCNC(=O)CNC(=O)[C@H](Cc1ccccc1)NC(=O)CNC(=O)CNC(=O)[C@H](CNCC(=O)O)N1C(=O)C=CC1=O)CC3. The molecule has 2 aromatic carbocycles. The molecular weight excluding hydrogens is 1040 g/mol. The van der Waals surface area contributed by atoms with Crippen molar-refractivity contribution in [1.82, 2.24) is 51.3 Å². The van der Waals surface area contributed by atoms with Crippen molar-refractivity contribution in [3.05, 3.63) is 110 Å². The maximum Gasteiger partial charge on any atom is 0.343 e. The number of aryl methyl sites for hydroxylation is 1. The first-order valence-corrected chi connectivity index (χ1v) is 25.2. The summed E-state index contributed by atoms with van der Waals surface area (Å²) in [5.74, 6) is -8.92. The average Bonchev–Trinajstić information content (AvgIpc) is 4.19. The summed E-state index contributed by atoms with van der Waals surface area (Å²) in [5.41, 5.74) is 1.69. The highest BCUT2D eigenvalue weighted by Gasteiger charge is 2.46. The van der Waals surface area contributed by atoms with Crippen LogP contribution in [0, 0.1) is 12.7 Å². The predicted molar refractivity (Wildman–Crippen MR) is 273 cm³/mol. The Bertz CT molecular complexity index is 3290. The molecule has 4 aliphatic rings. The number of benzene rings is 2. The first-order valence-electron chi connectivity index (χ1n) is 25.2. The van der Waals surface area contributed by atoms with Crippen molar-refractivity contribution >= 4 is 70.1 Å². The quantitative estimate of drug-likeness (QED) is 0.0222. The number of rotatable bonds is 22. The van der Waals surface area contributed by atoms with Gasteiger partial charge in [0, 0.05) is 54.7 Å². The van der Waals surface area contributed by atoms with Gasteiger partial charge in [-0.1, -0.05) is 37.3 Å². The molecule has 8 rings (SSSR count). The third-order valence-electron chi connectivity index (χ3n) is 14.4. The molecule has 3 aliphatic heterocycles. The van der Waals surface area contributed by atoms with E-state index < -0.39 is 140 Å². The molecule has 0 saturated carbocycles. The standard InChI is InChI=1S/C53H57FN10O15/c1-5-53(77)32-16-37-47-30(23-63(37)51(75)31(32)24-78-52(53)76)46-36(12-11-29-26(2)33(54)17-34(61-47)45(29)46)62(4)50(74)27(3)79-25-59-40(66)20-57-48(72)35(15-28-9-7-6-8-10-28)60-41(67)21-56-39(65)19-58-49(73)38(18-55-22-44(70)71)64-42(68)13-14-43(64)69/h6-10,13-14,16-17,27,35-36,38,55,77H,5,11-12,15,18-25H2,1-4H3,(H,56,65)(H,57,72)(H,58,73)(H,59,66)(H,60,67)(H,70,71)/t27-,35-,36-,38-,53-/m0/s1. The number of pyridine rings is 2. The van der Waals surface area contributed by atoms with Gasteiger partial charge in [0.05, 0.1) is 61.2 Å². The molecule has 416 valence electrons. The van der Waals surface area contributed by atoms with E-state index in [2.05, 4.69) is 31.9 Å². The molecule has 2 aromatic heterocycles. The van der Waals surface area contributed by atoms with Crippen LogP contribution < -0.4 is 37.5 Å². The van der Waals surface area contributed by atoms with E-state index in [4.69, 9.17) is 19.6 Å². The summed E-state index contributed by atoms with van der Waals surface area (Å²) in [7, 11) is 1.59. The summed E-state index contributed by atoms with van der Waals surface area (Å²) >= 11 is 0. The van der Waals surface area contributed by atoms with Crippen LogP contribution in [0.5, 0.6) is 0 Å². The fourth-order valence-corrected chi connectivity index (χ4v) is 10.2. The molecule has 5 atom stereocenters. The van der Waals surface area contributed by atoms with Crippen molar-refractivity contribution in [2.45, 2.75) is 89.4 Å². The molecule has 25 nitrogen and oxygen atoms in total. The highest BCUT2D eigenvalue weighted by atomic mass is 19.1. The Morgan fingerprint density at radius 1 is 0.899 bits per heavy atom. The minimum absolute atomic E-state index is 0.0346. The summed E-state index contributed by atoms with van der Waals surface area (Å²) in [6.07, 6.45) is 1.38. The van der Waals surface area contributed by atoms with Gasteiger partial charge in [-0.25, -0.2) is 14.2 Å². The van der Waals surface area contributed by atoms with Crippen LogP contribution in [-0.4, -0.2) is 153 Å². The minimum Gasteiger partial charge on any atom is -0.480 e. The molecule has 1 aliphatic carbocycles. The van der Waals surface area contributed by atoms with Crippen LogP contribution >= 0.6 is 0 Å². The zero-order valence-corrected chi connectivity index (χ0v) is 43.4. The van der Waals surface area contributed by atoms with Crippen LogP contribution in [0.1, 0.15) is 71.7 Å². The summed E-state index contributed by atoms with van der Waals surface area (Å²) in [6, 6.07) is 8.05. The number of carboxylic acid groups (broad SMARTS) is 1. The lowest BCUT2D eigenvalue weighted by Crippen LogP contribution is -2.56. The maximum atomic E-state index is 15.5. The lowest BCUT2D eigenvalue weighted by Gasteiger charge is -2.36. The van der Waals surface area contributed by atoms with Gasteiger partial charge >= 0.3 is 11.9 Å². The van der Waals surface area contributed by atoms with Gasteiger partial charge in [0.25, 0.3) is 23.3 Å². The number of carbonyl (C=O) groups is 10. The van der Waals surface area contributed by atoms with E-state index in [1.54, 1.807) is 57.3 Å². The van der Waals surface area contributed by atoms with E-state index in [0.717, 1.165) is 12.2 Å². The Balaban J connectivity index is 0.862. The Morgan fingerprint density at radius 2 is 1.57 bits per heavy atom. The van der Waals surface area contributed by atoms with Crippen LogP contribution in [0.4, 0.5) is 4.39 Å². The maximum absolute atomic E-state index is 15.5. The van der Waals surface area contributed by atoms with Gasteiger partial charge in [-0.2, -0.15) is 0 Å². The second-order valence-corrected chi connectivity index (χ2v) is 19.3. The largest absolute Gasteiger partial charge is 0.480 e. The van der Waals surface area contributed by atoms with Gasteiger partial charge in [-0.3, -0.25) is 52.8 Å². The zero-order valence-electron chi connectivity index (χ0n) is 43.4. The van der Waals surface area contributed by atoms with Crippen molar-refractivity contribution in [1.29, 1.82) is 0 Å². The van der Waals surface area contributed by atoms with E-state index in [1.807, 2.05) is 0 Å². The minimum atomic E-state index is -2.07. The van der Waals surface area contributed by atoms with Gasteiger partial charge < -0.3 is 61.1 Å². The van der Waals surface area contributed by atoms with Gasteiger partial charge in [-0.15, -0.1) is 0 Å². The first-order chi connectivity index (χ1) is 37.6. The van der Waals surface area contributed by atoms with E-state index in [1.165, 1.54) is 22.5 Å². The number of likely N-dealkylation sites (N-methyl/N-ethyl adjacent to an activating group) is 1. The van der Waals surface area contributed by atoms with E-state index in [9.17, 15) is 57.8 Å². The lowest BCUT2D eigenvalue weighted by atomic mass is 9.81. The van der Waals surface area contributed by atoms with Crippen molar-refractivity contribution < 1.29 is 72.0 Å². The number of nitrogens with one attached hydrogen (secondary N) is 6. The fraction of sp³-hybridized carbons (Fsp3) is 0.396. The number of hydrogen-bond donors (Lipinski definition) is 8. The van der Waals surface area contributed by atoms with Crippen LogP contribution in [-0.2, 0) is 89.0 Å². The highest BCUT2D eigenvalue weighted by molar-refractivity contribution is 6.15. The number of carbonyl (C=O) groups excluding carboxylic acids is 9. The van der Waals surface area contributed by atoms with E-state index in [0.29, 0.717) is 67.8 Å². The van der Waals surface area contributed by atoms with Crippen LogP contribution in [0.3, 0.4) is 0 Å². The second kappa shape index (κ2) is 23.5. The number of nitrogens with zero attached hydrogens (tertiary/aromatic N) is 4. The molecular formula is C53H57FN10O15. The zero-order chi connectivity index (χ0) is 57.0. The Morgan fingerprint density at radius 3 is 2.25 bits per heavy atom. The lowest BCUT2D eigenvalue weighted by molar-refractivity contribution is -0.172. The third kappa shape index (κ3) is 11.6. The van der Waals surface area contributed by atoms with Crippen molar-refractivity contribution in [3.8, 4) is 11.4 Å². The molecule has 8 N–H and O–H groups in total. The number of aromatic nitrogens is 2. The smallest absolute Gasteiger partial charge is 0.343 e. The number of ether oxygens (including phenoxy) is 2. The Kier molecular flexibility index (Phi) is 16.8. The molecule has 0 bridgehead atoms. The predicted octanol–water partition coefficient (Wildman–Crippen LogP) is -1.50. The monoisotopic (exact) mass is 1090 g/mol. The summed E-state index contributed by atoms with van der Waals surface area (Å²) in [4.78, 5) is 149. The summed E-state index contributed by atoms with van der Waals surface area (Å²) < 4.78 is 28.0. The van der Waals surface area contributed by atoms with Gasteiger partial charge in [0.1, 0.15) is 37.3 Å². The molecule has 0 fully saturated rings. The number of fused-ring (bicyclic) bond motifs is 5. The summed E-state index contributed by atoms with van der Waals surface area (Å²) in [5, 5.41) is 35.4. The fourth-order valence-electron chi connectivity index (χ4n) is 10.2. The number of halogens is 1. The number of amides is 8. The first kappa shape index (κ1) is 56.5. The van der Waals surface area contributed by atoms with E-state index >= 15 is 4.39 Å². The molecule has 0 unspecified atom stereocenters. The van der Waals surface area contributed by atoms with Crippen molar-refractivity contribution in [2.24, 2.45) is 0 Å². The number of carboxylic acids is 1. The molecule has 5 heterocycles. The number of cyclic esters (lactones) is 1. The molecule has 4 aromatic rings. The number of aliphatic carboxylic acids is 1. The summed E-state index contributed by atoms with van der Waals surface area (Å²) in [6.45, 7) is 0.993. The molecule has 0 saturated heterocycles. The van der Waals surface area contributed by atoms with Crippen LogP contribution in [0.2, 0.25) is 0 Å². The molecule has 26 heteroatoms. The van der Waals surface area contributed by atoms with Crippen LogP contribution in [0.25, 0.3) is 22.3 Å².